The molecule has 1 rings (SSSR count). The highest BCUT2D eigenvalue weighted by Gasteiger charge is 2.39. The molecule has 1 saturated carbocycles. The highest BCUT2D eigenvalue weighted by Crippen LogP contribution is 2.43. The van der Waals surface area contributed by atoms with Crippen molar-refractivity contribution >= 4 is 25.5 Å². The zero-order valence-corrected chi connectivity index (χ0v) is 39.0. The molecule has 1 fully saturated rings. The summed E-state index contributed by atoms with van der Waals surface area (Å²) in [4.78, 5) is 48.2. The molecule has 0 radical (unpaired) electrons. The molecule has 0 spiro atoms. The van der Waals surface area contributed by atoms with E-state index in [1.54, 1.807) is 6.08 Å². The van der Waals surface area contributed by atoms with Crippen molar-refractivity contribution in [2.75, 3.05) is 47.5 Å². The molecule has 3 N–H and O–H groups in total. The van der Waals surface area contributed by atoms with Crippen LogP contribution in [0.1, 0.15) is 136 Å². The summed E-state index contributed by atoms with van der Waals surface area (Å²) >= 11 is 0. The van der Waals surface area contributed by atoms with Gasteiger partial charge in [-0.25, -0.2) is 4.57 Å². The minimum absolute atomic E-state index is 0.0241. The predicted octanol–water partition coefficient (Wildman–Crippen LogP) is 9.61. The maximum absolute atomic E-state index is 12.8. The summed E-state index contributed by atoms with van der Waals surface area (Å²) in [6.07, 6.45) is 35.7. The summed E-state index contributed by atoms with van der Waals surface area (Å²) in [5, 5.41) is 20.8. The third-order valence-corrected chi connectivity index (χ3v) is 11.1. The van der Waals surface area contributed by atoms with Gasteiger partial charge in [0, 0.05) is 31.1 Å². The van der Waals surface area contributed by atoms with Crippen LogP contribution in [0.5, 0.6) is 0 Å². The number of Topliss-reactive ketones (excluding diaryl/α,β-unsaturated/α-hetero) is 1. The number of esters is 2. The van der Waals surface area contributed by atoms with Gasteiger partial charge in [-0.1, -0.05) is 125 Å². The number of hydrogen-bond acceptors (Lipinski definition) is 10. The third-order valence-electron chi connectivity index (χ3n) is 10.1. The van der Waals surface area contributed by atoms with Gasteiger partial charge in [0.1, 0.15) is 25.5 Å². The Labute approximate surface area is 368 Å². The number of unbranched alkanes of at least 4 members (excludes halogenated alkanes) is 6. The number of ketones is 1. The van der Waals surface area contributed by atoms with E-state index in [4.69, 9.17) is 18.5 Å². The number of aliphatic hydroxyl groups excluding tert-OH is 2. The number of ether oxygens (including phenoxy) is 2. The molecule has 0 aromatic heterocycles. The fourth-order valence-corrected chi connectivity index (χ4v) is 7.27. The molecule has 0 aromatic carbocycles. The average molecular weight is 879 g/mol. The van der Waals surface area contributed by atoms with Gasteiger partial charge in [-0.2, -0.15) is 0 Å². The van der Waals surface area contributed by atoms with Gasteiger partial charge in [0.15, 0.2) is 6.10 Å². The SMILES string of the molecule is CC/C=C\C/C=C\C/C=C\C/C=C\C/C=C\CCCC(=O)OC[C@H](COP(=O)(O)OCC[N+](C)(C)C)OC(=O)CCCCCC[C@H]1C(=O)C[C@@H](O)[C@@H]1/C=C/[C@@H](O)CCCCC. The standard InChI is InChI=1S/C48H80NO11P/c1-6-8-10-11-12-13-14-15-16-17-18-19-20-21-22-23-28-32-47(53)57-39-42(40-59-61(55,56)58-37-36-49(3,4)5)60-48(54)33-29-25-24-27-31-43-44(46(52)38-45(43)51)35-34-41(50)30-26-9-7-2/h8,10,12-13,15-16,18-19,21-22,34-35,41-44,46,50,52H,6-7,9,11,14,17,20,23-33,36-40H2,1-5H3/p+1/b10-8-,13-12-,16-15-,19-18-,22-21-,35-34+/t41-,42+,43+,44+,46+/m0/s1. The molecule has 13 heteroatoms. The minimum Gasteiger partial charge on any atom is -0.462 e. The number of carbonyl (C=O) groups is 3. The highest BCUT2D eigenvalue weighted by molar-refractivity contribution is 7.47. The predicted molar refractivity (Wildman–Crippen MR) is 243 cm³/mol. The molecule has 0 amide bonds. The first kappa shape index (κ1) is 56.1. The van der Waals surface area contributed by atoms with E-state index in [1.165, 1.54) is 0 Å². The van der Waals surface area contributed by atoms with E-state index in [9.17, 15) is 34.1 Å². The number of hydrogen-bond donors (Lipinski definition) is 3. The number of nitrogens with zero attached hydrogens (tertiary/aromatic N) is 1. The van der Waals surface area contributed by atoms with Gasteiger partial charge in [-0.05, 0) is 64.2 Å². The quantitative estimate of drug-likeness (QED) is 0.0180. The highest BCUT2D eigenvalue weighted by atomic mass is 31.2. The molecule has 1 aliphatic rings. The molecule has 1 aliphatic carbocycles. The smallest absolute Gasteiger partial charge is 0.462 e. The van der Waals surface area contributed by atoms with E-state index in [0.29, 0.717) is 49.6 Å². The number of aliphatic hydroxyl groups is 2. The lowest BCUT2D eigenvalue weighted by molar-refractivity contribution is -0.870. The van der Waals surface area contributed by atoms with Crippen LogP contribution in [-0.4, -0.2) is 103 Å². The van der Waals surface area contributed by atoms with E-state index < -0.39 is 44.7 Å². The van der Waals surface area contributed by atoms with Crippen LogP contribution in [0.3, 0.4) is 0 Å². The third kappa shape index (κ3) is 31.5. The number of phosphoric ester groups is 1. The molecule has 12 nitrogen and oxygen atoms in total. The first-order valence-electron chi connectivity index (χ1n) is 22.8. The Balaban J connectivity index is 2.51. The van der Waals surface area contributed by atoms with E-state index in [1.807, 2.05) is 33.3 Å². The van der Waals surface area contributed by atoms with Crippen molar-refractivity contribution < 1.29 is 57.1 Å². The Morgan fingerprint density at radius 1 is 0.787 bits per heavy atom. The van der Waals surface area contributed by atoms with Gasteiger partial charge < -0.3 is 29.1 Å². The Kier molecular flexibility index (Phi) is 31.7. The largest absolute Gasteiger partial charge is 0.472 e. The Morgan fingerprint density at radius 3 is 2.02 bits per heavy atom. The molecule has 348 valence electrons. The zero-order valence-electron chi connectivity index (χ0n) is 38.1. The van der Waals surface area contributed by atoms with E-state index in [2.05, 4.69) is 68.5 Å². The lowest BCUT2D eigenvalue weighted by Crippen LogP contribution is -2.37. The summed E-state index contributed by atoms with van der Waals surface area (Å²) < 4.78 is 34.2. The van der Waals surface area contributed by atoms with Crippen molar-refractivity contribution in [1.29, 1.82) is 0 Å². The molecule has 0 aromatic rings. The molecule has 6 atom stereocenters. The number of allylic oxidation sites excluding steroid dienone is 10. The lowest BCUT2D eigenvalue weighted by Gasteiger charge is -2.24. The van der Waals surface area contributed by atoms with Gasteiger partial charge in [-0.3, -0.25) is 23.4 Å². The van der Waals surface area contributed by atoms with Crippen LogP contribution in [0.25, 0.3) is 0 Å². The van der Waals surface area contributed by atoms with Crippen LogP contribution < -0.4 is 0 Å². The molecule has 61 heavy (non-hydrogen) atoms. The molecule has 1 unspecified atom stereocenters. The lowest BCUT2D eigenvalue weighted by atomic mass is 9.88. The van der Waals surface area contributed by atoms with Crippen molar-refractivity contribution in [3.05, 3.63) is 72.9 Å². The fraction of sp³-hybridized carbons (Fsp3) is 0.688. The minimum atomic E-state index is -4.46. The topological polar surface area (TPSA) is 166 Å². The van der Waals surface area contributed by atoms with Gasteiger partial charge in [-0.15, -0.1) is 0 Å². The van der Waals surface area contributed by atoms with Crippen LogP contribution >= 0.6 is 7.82 Å². The second-order valence-corrected chi connectivity index (χ2v) is 18.3. The second kappa shape index (κ2) is 34.5. The summed E-state index contributed by atoms with van der Waals surface area (Å²) in [6.45, 7) is 3.84. The van der Waals surface area contributed by atoms with Crippen LogP contribution in [0.2, 0.25) is 0 Å². The van der Waals surface area contributed by atoms with E-state index >= 15 is 0 Å². The van der Waals surface area contributed by atoms with Crippen molar-refractivity contribution in [3.8, 4) is 0 Å². The zero-order chi connectivity index (χ0) is 45.2. The molecular formula is C48H81NO11P+. The molecule has 0 aliphatic heterocycles. The fourth-order valence-electron chi connectivity index (χ4n) is 6.53. The van der Waals surface area contributed by atoms with Gasteiger partial charge in [0.2, 0.25) is 0 Å². The summed E-state index contributed by atoms with van der Waals surface area (Å²) in [6, 6.07) is 0. The van der Waals surface area contributed by atoms with Crippen LogP contribution in [-0.2, 0) is 37.5 Å². The summed E-state index contributed by atoms with van der Waals surface area (Å²) in [5.74, 6) is -1.60. The average Bonchev–Trinajstić information content (AvgIpc) is 3.47. The maximum atomic E-state index is 12.8. The molecule has 0 heterocycles. The maximum Gasteiger partial charge on any atom is 0.472 e. The van der Waals surface area contributed by atoms with Crippen LogP contribution in [0, 0.1) is 11.8 Å². The van der Waals surface area contributed by atoms with E-state index in [-0.39, 0.29) is 50.1 Å². The Hall–Kier alpha value is -2.96. The summed E-state index contributed by atoms with van der Waals surface area (Å²) in [5.41, 5.74) is 0. The van der Waals surface area contributed by atoms with Gasteiger partial charge in [0.25, 0.3) is 0 Å². The Morgan fingerprint density at radius 2 is 1.39 bits per heavy atom. The Bertz CT molecular complexity index is 1430. The monoisotopic (exact) mass is 879 g/mol. The molecular weight excluding hydrogens is 797 g/mol. The number of carbonyl (C=O) groups excluding carboxylic acids is 3. The first-order chi connectivity index (χ1) is 29.2. The van der Waals surface area contributed by atoms with Crippen molar-refractivity contribution in [2.45, 2.75) is 154 Å². The van der Waals surface area contributed by atoms with Gasteiger partial charge >= 0.3 is 19.8 Å². The number of rotatable bonds is 36. The van der Waals surface area contributed by atoms with Crippen LogP contribution in [0.15, 0.2) is 72.9 Å². The van der Waals surface area contributed by atoms with Crippen molar-refractivity contribution in [2.24, 2.45) is 11.8 Å². The number of phosphoric acid groups is 1. The normalized spacial score (nSPS) is 19.7. The van der Waals surface area contributed by atoms with Crippen molar-refractivity contribution in [3.63, 3.8) is 0 Å². The van der Waals surface area contributed by atoms with Gasteiger partial charge in [0.05, 0.1) is 40.0 Å². The van der Waals surface area contributed by atoms with Crippen LogP contribution in [0.4, 0.5) is 0 Å². The van der Waals surface area contributed by atoms with Crippen molar-refractivity contribution in [1.82, 2.24) is 0 Å². The molecule has 0 bridgehead atoms. The number of likely N-dealkylation sites (N-methyl/N-ethyl adjacent to an activating group) is 1. The number of quaternary nitrogens is 1. The summed E-state index contributed by atoms with van der Waals surface area (Å²) in [7, 11) is 1.29. The first-order valence-corrected chi connectivity index (χ1v) is 24.3. The second-order valence-electron chi connectivity index (χ2n) is 16.8. The molecule has 0 saturated heterocycles. The van der Waals surface area contributed by atoms with E-state index in [0.717, 1.165) is 64.2 Å².